The van der Waals surface area contributed by atoms with Gasteiger partial charge in [0, 0.05) is 26.2 Å². The average molecular weight is 569 g/mol. The molecule has 3 heterocycles. The van der Waals surface area contributed by atoms with Crippen molar-refractivity contribution in [1.29, 1.82) is 0 Å². The zero-order valence-electron chi connectivity index (χ0n) is 22.3. The first-order chi connectivity index (χ1) is 19.6. The Morgan fingerprint density at radius 3 is 2.54 bits per heavy atom. The highest BCUT2D eigenvalue weighted by molar-refractivity contribution is 5.94. The molecule has 216 valence electrons. The number of rotatable bonds is 9. The topological polar surface area (TPSA) is 122 Å². The minimum Gasteiger partial charge on any atom is -0.454 e. The van der Waals surface area contributed by atoms with Crippen LogP contribution < -0.4 is 20.1 Å². The van der Waals surface area contributed by atoms with Gasteiger partial charge in [0.15, 0.2) is 17.6 Å². The first-order valence-corrected chi connectivity index (χ1v) is 13.1. The molecule has 41 heavy (non-hydrogen) atoms. The maximum absolute atomic E-state index is 14.6. The molecule has 0 spiro atoms. The zero-order chi connectivity index (χ0) is 29.1. The van der Waals surface area contributed by atoms with Crippen LogP contribution in [0.2, 0.25) is 0 Å². The van der Waals surface area contributed by atoms with Gasteiger partial charge < -0.3 is 34.7 Å². The van der Waals surface area contributed by atoms with E-state index >= 15 is 0 Å². The normalized spacial score (nSPS) is 18.5. The van der Waals surface area contributed by atoms with Crippen molar-refractivity contribution in [3.63, 3.8) is 0 Å². The molecule has 3 atom stereocenters. The Kier molecular flexibility index (Phi) is 7.93. The number of aliphatic hydroxyl groups is 1. The number of amides is 3. The molecule has 0 aliphatic carbocycles. The number of hydrogen-bond acceptors (Lipinski definition) is 6. The summed E-state index contributed by atoms with van der Waals surface area (Å²) in [4.78, 5) is 40.2. The van der Waals surface area contributed by atoms with Crippen molar-refractivity contribution in [2.24, 2.45) is 7.05 Å². The van der Waals surface area contributed by atoms with E-state index in [9.17, 15) is 28.3 Å². The number of aryl methyl sites for hydroxylation is 1. The highest BCUT2D eigenvalue weighted by Gasteiger charge is 2.51. The fourth-order valence-corrected chi connectivity index (χ4v) is 5.03. The van der Waals surface area contributed by atoms with Gasteiger partial charge in [0.1, 0.15) is 11.7 Å². The predicted octanol–water partition coefficient (Wildman–Crippen LogP) is 2.01. The van der Waals surface area contributed by atoms with Crippen LogP contribution in [0.1, 0.15) is 28.0 Å². The molecular weight excluding hydrogens is 538 g/mol. The standard InChI is InChI=1S/C29H30F2N4O6/c1-34-11-5-8-21(34)27(38)33-20(12-18-6-3-2-4-7-18)25(36)28(39)35-16-29(30,31)14-22(35)26(37)32-15-19-9-10-23-24(13-19)41-17-40-23/h2-11,13,20,22,25,36H,12,14-17H2,1H3,(H,32,37)(H,33,38)/t20-,22-,25-/m0/s1. The lowest BCUT2D eigenvalue weighted by Gasteiger charge is -2.30. The minimum atomic E-state index is -3.34. The summed E-state index contributed by atoms with van der Waals surface area (Å²) in [5.74, 6) is -4.67. The van der Waals surface area contributed by atoms with Crippen LogP contribution in [0.5, 0.6) is 11.5 Å². The first kappa shape index (κ1) is 28.1. The maximum Gasteiger partial charge on any atom is 0.268 e. The highest BCUT2D eigenvalue weighted by Crippen LogP contribution is 2.34. The van der Waals surface area contributed by atoms with Gasteiger partial charge in [-0.1, -0.05) is 36.4 Å². The van der Waals surface area contributed by atoms with Crippen LogP contribution in [-0.2, 0) is 29.6 Å². The van der Waals surface area contributed by atoms with Crippen LogP contribution in [0.25, 0.3) is 0 Å². The lowest BCUT2D eigenvalue weighted by Crippen LogP contribution is -2.56. The number of carbonyl (C=O) groups excluding carboxylic acids is 3. The monoisotopic (exact) mass is 568 g/mol. The summed E-state index contributed by atoms with van der Waals surface area (Å²) in [6.45, 7) is -0.946. The molecule has 10 nitrogen and oxygen atoms in total. The number of aromatic nitrogens is 1. The molecule has 3 N–H and O–H groups in total. The van der Waals surface area contributed by atoms with Crippen molar-refractivity contribution >= 4 is 17.7 Å². The van der Waals surface area contributed by atoms with E-state index in [0.29, 0.717) is 27.5 Å². The first-order valence-electron chi connectivity index (χ1n) is 13.1. The number of fused-ring (bicyclic) bond motifs is 1. The summed E-state index contributed by atoms with van der Waals surface area (Å²) in [6.07, 6.45) is -1.06. The van der Waals surface area contributed by atoms with Gasteiger partial charge in [0.05, 0.1) is 12.6 Å². The summed E-state index contributed by atoms with van der Waals surface area (Å²) in [7, 11) is 1.67. The van der Waals surface area contributed by atoms with Crippen molar-refractivity contribution in [1.82, 2.24) is 20.1 Å². The molecule has 2 aliphatic heterocycles. The van der Waals surface area contributed by atoms with Crippen LogP contribution in [-0.4, -0.2) is 69.7 Å². The lowest BCUT2D eigenvalue weighted by molar-refractivity contribution is -0.147. The van der Waals surface area contributed by atoms with E-state index in [0.717, 1.165) is 0 Å². The number of ether oxygens (including phenoxy) is 2. The largest absolute Gasteiger partial charge is 0.454 e. The number of alkyl halides is 2. The number of aliphatic hydroxyl groups excluding tert-OH is 1. The molecule has 1 fully saturated rings. The summed E-state index contributed by atoms with van der Waals surface area (Å²) < 4.78 is 41.3. The third-order valence-corrected chi connectivity index (χ3v) is 7.18. The number of benzene rings is 2. The molecule has 0 bridgehead atoms. The van der Waals surface area contributed by atoms with Crippen molar-refractivity contribution in [3.05, 3.63) is 83.7 Å². The second-order valence-electron chi connectivity index (χ2n) is 10.2. The van der Waals surface area contributed by atoms with E-state index in [1.807, 2.05) is 0 Å². The second-order valence-corrected chi connectivity index (χ2v) is 10.2. The Morgan fingerprint density at radius 2 is 1.80 bits per heavy atom. The Bertz CT molecular complexity index is 1430. The molecule has 3 amide bonds. The SMILES string of the molecule is Cn1cccc1C(=O)N[C@@H](Cc1ccccc1)[C@H](O)C(=O)N1CC(F)(F)C[C@H]1C(=O)NCc1ccc2c(c1)OCO2. The molecule has 1 aromatic heterocycles. The van der Waals surface area contributed by atoms with E-state index in [1.54, 1.807) is 78.5 Å². The highest BCUT2D eigenvalue weighted by atomic mass is 19.3. The van der Waals surface area contributed by atoms with E-state index in [-0.39, 0.29) is 25.5 Å². The van der Waals surface area contributed by atoms with Crippen LogP contribution in [0.3, 0.4) is 0 Å². The van der Waals surface area contributed by atoms with Crippen molar-refractivity contribution in [2.45, 2.75) is 43.5 Å². The van der Waals surface area contributed by atoms with E-state index in [1.165, 1.54) is 0 Å². The molecule has 0 radical (unpaired) electrons. The van der Waals surface area contributed by atoms with Gasteiger partial charge in [0.2, 0.25) is 12.7 Å². The number of carbonyl (C=O) groups is 3. The molecular formula is C29H30F2N4O6. The summed E-state index contributed by atoms with van der Waals surface area (Å²) >= 11 is 0. The molecule has 1 saturated heterocycles. The van der Waals surface area contributed by atoms with E-state index in [4.69, 9.17) is 9.47 Å². The zero-order valence-corrected chi connectivity index (χ0v) is 22.3. The second kappa shape index (κ2) is 11.6. The molecule has 0 saturated carbocycles. The van der Waals surface area contributed by atoms with Gasteiger partial charge in [-0.25, -0.2) is 8.78 Å². The number of halogens is 2. The van der Waals surface area contributed by atoms with Crippen LogP contribution >= 0.6 is 0 Å². The summed E-state index contributed by atoms with van der Waals surface area (Å²) in [6, 6.07) is 14.5. The average Bonchev–Trinajstić information content (AvgIpc) is 3.68. The fourth-order valence-electron chi connectivity index (χ4n) is 5.03. The van der Waals surface area contributed by atoms with Crippen molar-refractivity contribution < 1.29 is 37.7 Å². The van der Waals surface area contributed by atoms with Gasteiger partial charge in [-0.15, -0.1) is 0 Å². The molecule has 2 aromatic carbocycles. The van der Waals surface area contributed by atoms with Gasteiger partial charge in [-0.05, 0) is 41.8 Å². The Hall–Kier alpha value is -4.45. The molecule has 3 aromatic rings. The van der Waals surface area contributed by atoms with Crippen LogP contribution in [0.15, 0.2) is 66.9 Å². The Balaban J connectivity index is 1.31. The van der Waals surface area contributed by atoms with Gasteiger partial charge in [0.25, 0.3) is 17.7 Å². The molecule has 12 heteroatoms. The van der Waals surface area contributed by atoms with Gasteiger partial charge in [-0.3, -0.25) is 14.4 Å². The Morgan fingerprint density at radius 1 is 1.05 bits per heavy atom. The third kappa shape index (κ3) is 6.32. The lowest BCUT2D eigenvalue weighted by atomic mass is 9.99. The number of hydrogen-bond donors (Lipinski definition) is 3. The predicted molar refractivity (Wildman–Crippen MR) is 142 cm³/mol. The summed E-state index contributed by atoms with van der Waals surface area (Å²) in [5, 5.41) is 16.4. The van der Waals surface area contributed by atoms with Crippen LogP contribution in [0.4, 0.5) is 8.78 Å². The maximum atomic E-state index is 14.6. The quantitative estimate of drug-likeness (QED) is 0.363. The van der Waals surface area contributed by atoms with Crippen molar-refractivity contribution in [2.75, 3.05) is 13.3 Å². The molecule has 5 rings (SSSR count). The molecule has 0 unspecified atom stereocenters. The van der Waals surface area contributed by atoms with Gasteiger partial charge >= 0.3 is 0 Å². The number of likely N-dealkylation sites (tertiary alicyclic amines) is 1. The fraction of sp³-hybridized carbons (Fsp3) is 0.345. The number of nitrogens with zero attached hydrogens (tertiary/aromatic N) is 2. The summed E-state index contributed by atoms with van der Waals surface area (Å²) in [5.41, 5.74) is 1.65. The number of nitrogens with one attached hydrogen (secondary N) is 2. The minimum absolute atomic E-state index is 0.00544. The smallest absolute Gasteiger partial charge is 0.268 e. The molecule has 2 aliphatic rings. The van der Waals surface area contributed by atoms with Crippen molar-refractivity contribution in [3.8, 4) is 11.5 Å². The van der Waals surface area contributed by atoms with Gasteiger partial charge in [-0.2, -0.15) is 0 Å². The van der Waals surface area contributed by atoms with E-state index < -0.39 is 54.8 Å². The third-order valence-electron chi connectivity index (χ3n) is 7.18. The Labute approximate surface area is 234 Å². The van der Waals surface area contributed by atoms with E-state index in [2.05, 4.69) is 10.6 Å². The van der Waals surface area contributed by atoms with Crippen LogP contribution in [0, 0.1) is 0 Å².